The van der Waals surface area contributed by atoms with Crippen LogP contribution < -0.4 is 4.74 Å². The Morgan fingerprint density at radius 1 is 1.22 bits per heavy atom. The van der Waals surface area contributed by atoms with Gasteiger partial charge < -0.3 is 4.74 Å². The Morgan fingerprint density at radius 2 is 1.96 bits per heavy atom. The van der Waals surface area contributed by atoms with Crippen LogP contribution in [0.15, 0.2) is 41.4 Å². The standard InChI is InChI=1S/C14H11Cl2FN2O3S/c15-11-2-1-5-18-14(11)22-9-7-19(8-9)23(20,21)10-3-4-13(17)12(16)6-10/h1-6,9H,7-8H2. The summed E-state index contributed by atoms with van der Waals surface area (Å²) in [7, 11) is -3.73. The molecule has 5 nitrogen and oxygen atoms in total. The number of rotatable bonds is 4. The Kier molecular flexibility index (Phi) is 4.46. The Labute approximate surface area is 142 Å². The second-order valence-corrected chi connectivity index (χ2v) is 7.68. The molecule has 0 amide bonds. The molecule has 0 spiro atoms. The van der Waals surface area contributed by atoms with Gasteiger partial charge in [-0.15, -0.1) is 0 Å². The van der Waals surface area contributed by atoms with Crippen molar-refractivity contribution >= 4 is 33.2 Å². The van der Waals surface area contributed by atoms with Crippen LogP contribution in [0.5, 0.6) is 5.88 Å². The predicted octanol–water partition coefficient (Wildman–Crippen LogP) is 2.98. The maximum Gasteiger partial charge on any atom is 0.243 e. The van der Waals surface area contributed by atoms with Crippen LogP contribution in [0.4, 0.5) is 4.39 Å². The summed E-state index contributed by atoms with van der Waals surface area (Å²) in [6, 6.07) is 6.61. The molecule has 0 N–H and O–H groups in total. The Morgan fingerprint density at radius 3 is 2.61 bits per heavy atom. The molecule has 1 saturated heterocycles. The van der Waals surface area contributed by atoms with Gasteiger partial charge in [-0.05, 0) is 30.3 Å². The highest BCUT2D eigenvalue weighted by Gasteiger charge is 2.38. The first-order valence-electron chi connectivity index (χ1n) is 6.60. The lowest BCUT2D eigenvalue weighted by molar-refractivity contribution is 0.0722. The topological polar surface area (TPSA) is 59.5 Å². The second-order valence-electron chi connectivity index (χ2n) is 4.93. The van der Waals surface area contributed by atoms with Crippen molar-refractivity contribution in [1.29, 1.82) is 0 Å². The molecule has 9 heteroatoms. The zero-order chi connectivity index (χ0) is 16.6. The van der Waals surface area contributed by atoms with E-state index in [-0.39, 0.29) is 35.0 Å². The van der Waals surface area contributed by atoms with Crippen LogP contribution >= 0.6 is 23.2 Å². The third-order valence-corrected chi connectivity index (χ3v) is 5.75. The molecule has 0 unspecified atom stereocenters. The number of hydrogen-bond acceptors (Lipinski definition) is 4. The van der Waals surface area contributed by atoms with Crippen LogP contribution in [0.1, 0.15) is 0 Å². The first kappa shape index (κ1) is 16.4. The number of nitrogens with zero attached hydrogens (tertiary/aromatic N) is 2. The summed E-state index contributed by atoms with van der Waals surface area (Å²) >= 11 is 11.6. The van der Waals surface area contributed by atoms with Crippen molar-refractivity contribution in [1.82, 2.24) is 9.29 Å². The van der Waals surface area contributed by atoms with Gasteiger partial charge in [0.25, 0.3) is 0 Å². The fourth-order valence-electron chi connectivity index (χ4n) is 2.07. The number of hydrogen-bond donors (Lipinski definition) is 0. The summed E-state index contributed by atoms with van der Waals surface area (Å²) in [5, 5.41) is 0.124. The Balaban J connectivity index is 1.68. The summed E-state index contributed by atoms with van der Waals surface area (Å²) in [5.74, 6) is -0.402. The minimum Gasteiger partial charge on any atom is -0.470 e. The number of sulfonamides is 1. The van der Waals surface area contributed by atoms with Crippen LogP contribution in [-0.2, 0) is 10.0 Å². The third-order valence-electron chi connectivity index (χ3n) is 3.35. The molecule has 1 aromatic heterocycles. The van der Waals surface area contributed by atoms with Crippen LogP contribution in [0.3, 0.4) is 0 Å². The van der Waals surface area contributed by atoms with Crippen molar-refractivity contribution in [3.63, 3.8) is 0 Å². The number of halogens is 3. The molecule has 1 fully saturated rings. The highest BCUT2D eigenvalue weighted by atomic mass is 35.5. The number of benzene rings is 1. The molecule has 2 aromatic rings. The highest BCUT2D eigenvalue weighted by molar-refractivity contribution is 7.89. The maximum atomic E-state index is 13.1. The molecule has 0 bridgehead atoms. The summed E-state index contributed by atoms with van der Waals surface area (Å²) in [6.07, 6.45) is 1.20. The molecular formula is C14H11Cl2FN2O3S. The van der Waals surface area contributed by atoms with Crippen molar-refractivity contribution in [2.45, 2.75) is 11.0 Å². The fraction of sp³-hybridized carbons (Fsp3) is 0.214. The van der Waals surface area contributed by atoms with Gasteiger partial charge in [0.1, 0.15) is 16.9 Å². The minimum atomic E-state index is -3.73. The van der Waals surface area contributed by atoms with Crippen molar-refractivity contribution in [2.24, 2.45) is 0 Å². The van der Waals surface area contributed by atoms with Gasteiger partial charge in [-0.3, -0.25) is 0 Å². The molecular weight excluding hydrogens is 366 g/mol. The van der Waals surface area contributed by atoms with E-state index in [1.165, 1.54) is 16.6 Å². The van der Waals surface area contributed by atoms with Crippen molar-refractivity contribution in [3.05, 3.63) is 52.4 Å². The average Bonchev–Trinajstić information content (AvgIpc) is 2.46. The number of pyridine rings is 1. The molecule has 2 heterocycles. The van der Waals surface area contributed by atoms with E-state index in [4.69, 9.17) is 27.9 Å². The quantitative estimate of drug-likeness (QED) is 0.822. The summed E-state index contributed by atoms with van der Waals surface area (Å²) in [5.41, 5.74) is 0. The zero-order valence-electron chi connectivity index (χ0n) is 11.6. The van der Waals surface area contributed by atoms with Crippen LogP contribution in [0.2, 0.25) is 10.0 Å². The van der Waals surface area contributed by atoms with E-state index in [1.807, 2.05) is 0 Å². The minimum absolute atomic E-state index is 0.0572. The summed E-state index contributed by atoms with van der Waals surface area (Å²) in [6.45, 7) is 0.314. The van der Waals surface area contributed by atoms with E-state index in [0.717, 1.165) is 12.1 Å². The molecule has 3 rings (SSSR count). The maximum absolute atomic E-state index is 13.1. The van der Waals surface area contributed by atoms with Gasteiger partial charge in [0, 0.05) is 6.20 Å². The summed E-state index contributed by atoms with van der Waals surface area (Å²) in [4.78, 5) is 3.93. The van der Waals surface area contributed by atoms with Crippen molar-refractivity contribution in [3.8, 4) is 5.88 Å². The van der Waals surface area contributed by atoms with E-state index in [0.29, 0.717) is 5.02 Å². The lowest BCUT2D eigenvalue weighted by Crippen LogP contribution is -2.56. The van der Waals surface area contributed by atoms with Gasteiger partial charge >= 0.3 is 0 Å². The lowest BCUT2D eigenvalue weighted by Gasteiger charge is -2.37. The van der Waals surface area contributed by atoms with E-state index >= 15 is 0 Å². The van der Waals surface area contributed by atoms with Gasteiger partial charge in [-0.2, -0.15) is 4.31 Å². The summed E-state index contributed by atoms with van der Waals surface area (Å²) < 4.78 is 44.7. The first-order chi connectivity index (χ1) is 10.9. The molecule has 122 valence electrons. The van der Waals surface area contributed by atoms with Gasteiger partial charge in [-0.1, -0.05) is 23.2 Å². The first-order valence-corrected chi connectivity index (χ1v) is 8.80. The molecule has 0 radical (unpaired) electrons. The van der Waals surface area contributed by atoms with E-state index < -0.39 is 15.8 Å². The SMILES string of the molecule is O=S(=O)(c1ccc(F)c(Cl)c1)N1CC(Oc2ncccc2Cl)C1. The van der Waals surface area contributed by atoms with Gasteiger partial charge in [0.2, 0.25) is 15.9 Å². The molecule has 0 saturated carbocycles. The third kappa shape index (κ3) is 3.28. The zero-order valence-corrected chi connectivity index (χ0v) is 13.9. The average molecular weight is 377 g/mol. The number of aromatic nitrogens is 1. The highest BCUT2D eigenvalue weighted by Crippen LogP contribution is 2.28. The molecule has 0 aliphatic carbocycles. The molecule has 1 aliphatic rings. The Bertz CT molecular complexity index is 842. The van der Waals surface area contributed by atoms with E-state index in [2.05, 4.69) is 4.98 Å². The normalized spacial score (nSPS) is 16.1. The van der Waals surface area contributed by atoms with Gasteiger partial charge in [-0.25, -0.2) is 17.8 Å². The van der Waals surface area contributed by atoms with Crippen molar-refractivity contribution < 1.29 is 17.5 Å². The largest absolute Gasteiger partial charge is 0.470 e. The van der Waals surface area contributed by atoms with Crippen LogP contribution in [-0.4, -0.2) is 36.9 Å². The smallest absolute Gasteiger partial charge is 0.243 e. The van der Waals surface area contributed by atoms with Crippen LogP contribution in [0.25, 0.3) is 0 Å². The molecule has 1 aromatic carbocycles. The molecule has 0 atom stereocenters. The predicted molar refractivity (Wildman–Crippen MR) is 83.8 cm³/mol. The fourth-order valence-corrected chi connectivity index (χ4v) is 4.02. The van der Waals surface area contributed by atoms with Crippen LogP contribution in [0, 0.1) is 5.82 Å². The van der Waals surface area contributed by atoms with Crippen molar-refractivity contribution in [2.75, 3.05) is 13.1 Å². The monoisotopic (exact) mass is 376 g/mol. The van der Waals surface area contributed by atoms with Gasteiger partial charge in [0.05, 0.1) is 23.0 Å². The second kappa shape index (κ2) is 6.24. The Hall–Kier alpha value is -1.41. The van der Waals surface area contributed by atoms with E-state index in [9.17, 15) is 12.8 Å². The number of ether oxygens (including phenoxy) is 1. The van der Waals surface area contributed by atoms with E-state index in [1.54, 1.807) is 12.1 Å². The van der Waals surface area contributed by atoms with Gasteiger partial charge in [0.15, 0.2) is 0 Å². The molecule has 1 aliphatic heterocycles. The molecule has 23 heavy (non-hydrogen) atoms. The lowest BCUT2D eigenvalue weighted by atomic mass is 10.2.